The van der Waals surface area contributed by atoms with Crippen molar-refractivity contribution in [3.63, 3.8) is 0 Å². The number of nitrogens with two attached hydrogens (primary N) is 1. The van der Waals surface area contributed by atoms with E-state index in [0.717, 1.165) is 19.5 Å². The summed E-state index contributed by atoms with van der Waals surface area (Å²) in [6.07, 6.45) is 6.73. The molecule has 1 aliphatic heterocycles. The van der Waals surface area contributed by atoms with Crippen molar-refractivity contribution < 1.29 is 9.47 Å². The lowest BCUT2D eigenvalue weighted by Gasteiger charge is -2.31. The van der Waals surface area contributed by atoms with Crippen LogP contribution in [0, 0.1) is 0 Å². The summed E-state index contributed by atoms with van der Waals surface area (Å²) >= 11 is 0. The second-order valence-electron chi connectivity index (χ2n) is 5.37. The van der Waals surface area contributed by atoms with Crippen LogP contribution in [0.25, 0.3) is 0 Å². The van der Waals surface area contributed by atoms with Gasteiger partial charge in [0.2, 0.25) is 0 Å². The van der Waals surface area contributed by atoms with Gasteiger partial charge in [-0.05, 0) is 12.8 Å². The number of ether oxygens (including phenoxy) is 2. The molecule has 2 rings (SSSR count). The number of rotatable bonds is 3. The van der Waals surface area contributed by atoms with Crippen LogP contribution in [-0.4, -0.2) is 56.5 Å². The molecule has 4 nitrogen and oxygen atoms in total. The topological polar surface area (TPSA) is 47.7 Å². The average molecular weight is 242 g/mol. The molecule has 0 aromatic heterocycles. The zero-order chi connectivity index (χ0) is 12.3. The molecule has 0 bridgehead atoms. The van der Waals surface area contributed by atoms with E-state index in [9.17, 15) is 0 Å². The molecule has 4 unspecified atom stereocenters. The minimum absolute atomic E-state index is 0.204. The van der Waals surface area contributed by atoms with E-state index in [1.54, 1.807) is 14.2 Å². The van der Waals surface area contributed by atoms with Gasteiger partial charge in [0.25, 0.3) is 0 Å². The molecule has 2 aliphatic rings. The quantitative estimate of drug-likeness (QED) is 0.750. The summed E-state index contributed by atoms with van der Waals surface area (Å²) in [5.41, 5.74) is 6.31. The van der Waals surface area contributed by atoms with Crippen LogP contribution in [0.15, 0.2) is 0 Å². The third-order valence-corrected chi connectivity index (χ3v) is 4.35. The number of likely N-dealkylation sites (tertiary alicyclic amines) is 1. The molecule has 0 aromatic carbocycles. The van der Waals surface area contributed by atoms with Gasteiger partial charge in [0, 0.05) is 39.4 Å². The SMILES string of the molecule is COC1CN(C2CCCCCC2N)CC1OC. The normalized spacial score (nSPS) is 40.4. The van der Waals surface area contributed by atoms with Crippen molar-refractivity contribution in [1.82, 2.24) is 4.90 Å². The number of nitrogens with zero attached hydrogens (tertiary/aromatic N) is 1. The van der Waals surface area contributed by atoms with Crippen LogP contribution < -0.4 is 5.73 Å². The molecule has 0 aromatic rings. The lowest BCUT2D eigenvalue weighted by Crippen LogP contribution is -2.46. The summed E-state index contributed by atoms with van der Waals surface area (Å²) in [6.45, 7) is 1.93. The van der Waals surface area contributed by atoms with E-state index in [1.807, 2.05) is 0 Å². The van der Waals surface area contributed by atoms with Crippen LogP contribution in [0.1, 0.15) is 32.1 Å². The summed E-state index contributed by atoms with van der Waals surface area (Å²) < 4.78 is 11.0. The highest BCUT2D eigenvalue weighted by Crippen LogP contribution is 2.26. The lowest BCUT2D eigenvalue weighted by atomic mass is 10.0. The van der Waals surface area contributed by atoms with E-state index >= 15 is 0 Å². The molecule has 4 atom stereocenters. The third kappa shape index (κ3) is 2.99. The highest BCUT2D eigenvalue weighted by Gasteiger charge is 2.38. The van der Waals surface area contributed by atoms with Crippen molar-refractivity contribution in [2.24, 2.45) is 5.73 Å². The van der Waals surface area contributed by atoms with Crippen LogP contribution >= 0.6 is 0 Å². The van der Waals surface area contributed by atoms with Gasteiger partial charge >= 0.3 is 0 Å². The first-order chi connectivity index (χ1) is 8.26. The fourth-order valence-corrected chi connectivity index (χ4v) is 3.27. The fourth-order valence-electron chi connectivity index (χ4n) is 3.27. The molecule has 1 saturated carbocycles. The Bertz CT molecular complexity index is 225. The van der Waals surface area contributed by atoms with Crippen molar-refractivity contribution in [2.75, 3.05) is 27.3 Å². The summed E-state index contributed by atoms with van der Waals surface area (Å²) in [5, 5.41) is 0. The van der Waals surface area contributed by atoms with E-state index in [0.29, 0.717) is 12.1 Å². The zero-order valence-corrected chi connectivity index (χ0v) is 11.1. The Hall–Kier alpha value is -0.160. The molecule has 1 aliphatic carbocycles. The zero-order valence-electron chi connectivity index (χ0n) is 11.1. The second-order valence-corrected chi connectivity index (χ2v) is 5.37. The van der Waals surface area contributed by atoms with Gasteiger partial charge in [0.15, 0.2) is 0 Å². The molecule has 1 heterocycles. The predicted octanol–water partition coefficient (Wildman–Crippen LogP) is 0.992. The first-order valence-corrected chi connectivity index (χ1v) is 6.81. The maximum absolute atomic E-state index is 6.31. The Balaban J connectivity index is 1.97. The standard InChI is InChI=1S/C13H26N2O2/c1-16-12-8-15(9-13(12)17-2)11-7-5-3-4-6-10(11)14/h10-13H,3-9,14H2,1-2H3. The lowest BCUT2D eigenvalue weighted by molar-refractivity contribution is -0.00461. The molecule has 4 heteroatoms. The maximum atomic E-state index is 6.31. The van der Waals surface area contributed by atoms with E-state index < -0.39 is 0 Å². The van der Waals surface area contributed by atoms with E-state index in [4.69, 9.17) is 15.2 Å². The Morgan fingerprint density at radius 3 is 2.12 bits per heavy atom. The predicted molar refractivity (Wildman–Crippen MR) is 68.0 cm³/mol. The summed E-state index contributed by atoms with van der Waals surface area (Å²) in [6, 6.07) is 0.848. The Kier molecular flexibility index (Phi) is 4.79. The largest absolute Gasteiger partial charge is 0.377 e. The molecular formula is C13H26N2O2. The summed E-state index contributed by atoms with van der Waals surface area (Å²) in [4.78, 5) is 2.48. The Labute approximate surface area is 104 Å². The Morgan fingerprint density at radius 2 is 1.53 bits per heavy atom. The van der Waals surface area contributed by atoms with Gasteiger partial charge in [0.05, 0.1) is 12.2 Å². The van der Waals surface area contributed by atoms with Gasteiger partial charge in [-0.3, -0.25) is 4.90 Å². The van der Waals surface area contributed by atoms with E-state index in [2.05, 4.69) is 4.90 Å². The Morgan fingerprint density at radius 1 is 0.941 bits per heavy atom. The first kappa shape index (κ1) is 13.3. The molecule has 17 heavy (non-hydrogen) atoms. The third-order valence-electron chi connectivity index (χ3n) is 4.35. The molecule has 0 spiro atoms. The van der Waals surface area contributed by atoms with Crippen LogP contribution in [-0.2, 0) is 9.47 Å². The molecule has 2 N–H and O–H groups in total. The maximum Gasteiger partial charge on any atom is 0.0971 e. The number of methoxy groups -OCH3 is 2. The van der Waals surface area contributed by atoms with Gasteiger partial charge in [-0.15, -0.1) is 0 Å². The molecule has 0 amide bonds. The van der Waals surface area contributed by atoms with Crippen molar-refractivity contribution in [3.8, 4) is 0 Å². The highest BCUT2D eigenvalue weighted by atomic mass is 16.5. The number of hydrogen-bond donors (Lipinski definition) is 1. The summed E-state index contributed by atoms with van der Waals surface area (Å²) in [5.74, 6) is 0. The molecule has 100 valence electrons. The first-order valence-electron chi connectivity index (χ1n) is 6.81. The van der Waals surface area contributed by atoms with Crippen LogP contribution in [0.3, 0.4) is 0 Å². The monoisotopic (exact) mass is 242 g/mol. The fraction of sp³-hybridized carbons (Fsp3) is 1.00. The molecule has 1 saturated heterocycles. The smallest absolute Gasteiger partial charge is 0.0971 e. The van der Waals surface area contributed by atoms with Crippen molar-refractivity contribution in [3.05, 3.63) is 0 Å². The second kappa shape index (κ2) is 6.14. The number of hydrogen-bond acceptors (Lipinski definition) is 4. The summed E-state index contributed by atoms with van der Waals surface area (Å²) in [7, 11) is 3.54. The van der Waals surface area contributed by atoms with Crippen molar-refractivity contribution >= 4 is 0 Å². The van der Waals surface area contributed by atoms with Crippen LogP contribution in [0.4, 0.5) is 0 Å². The van der Waals surface area contributed by atoms with Crippen molar-refractivity contribution in [1.29, 1.82) is 0 Å². The van der Waals surface area contributed by atoms with Gasteiger partial charge in [-0.2, -0.15) is 0 Å². The minimum Gasteiger partial charge on any atom is -0.377 e. The molecular weight excluding hydrogens is 216 g/mol. The van der Waals surface area contributed by atoms with Crippen molar-refractivity contribution in [2.45, 2.75) is 56.4 Å². The molecule has 0 radical (unpaired) electrons. The van der Waals surface area contributed by atoms with Crippen LogP contribution in [0.2, 0.25) is 0 Å². The van der Waals surface area contributed by atoms with E-state index in [1.165, 1.54) is 25.7 Å². The van der Waals surface area contributed by atoms with Gasteiger partial charge in [0.1, 0.15) is 0 Å². The van der Waals surface area contributed by atoms with Gasteiger partial charge in [-0.1, -0.05) is 19.3 Å². The van der Waals surface area contributed by atoms with Crippen LogP contribution in [0.5, 0.6) is 0 Å². The van der Waals surface area contributed by atoms with E-state index in [-0.39, 0.29) is 12.2 Å². The van der Waals surface area contributed by atoms with Gasteiger partial charge < -0.3 is 15.2 Å². The minimum atomic E-state index is 0.204. The van der Waals surface area contributed by atoms with Gasteiger partial charge in [-0.25, -0.2) is 0 Å². The average Bonchev–Trinajstić information content (AvgIpc) is 2.64. The highest BCUT2D eigenvalue weighted by molar-refractivity contribution is 4.93. The molecule has 2 fully saturated rings.